The fraction of sp³-hybridized carbons (Fsp3) is 0.125. The summed E-state index contributed by atoms with van der Waals surface area (Å²) in [4.78, 5) is 12.9. The van der Waals surface area contributed by atoms with Gasteiger partial charge in [-0.1, -0.05) is 54.6 Å². The van der Waals surface area contributed by atoms with Gasteiger partial charge in [-0.2, -0.15) is 0 Å². The van der Waals surface area contributed by atoms with Crippen LogP contribution in [0.1, 0.15) is 27.0 Å². The van der Waals surface area contributed by atoms with Crippen molar-refractivity contribution in [3.8, 4) is 23.0 Å². The van der Waals surface area contributed by atoms with Gasteiger partial charge in [0.2, 0.25) is 0 Å². The number of rotatable bonds is 7. The van der Waals surface area contributed by atoms with Crippen LogP contribution in [0.15, 0.2) is 66.7 Å². The number of methoxy groups -OCH3 is 2. The summed E-state index contributed by atoms with van der Waals surface area (Å²) in [7, 11) is 2.90. The second-order valence-electron chi connectivity index (χ2n) is 6.40. The summed E-state index contributed by atoms with van der Waals surface area (Å²) >= 11 is 0. The third-order valence-corrected chi connectivity index (χ3v) is 4.60. The van der Waals surface area contributed by atoms with Gasteiger partial charge >= 0.3 is 0 Å². The van der Waals surface area contributed by atoms with E-state index in [9.17, 15) is 15.0 Å². The Morgan fingerprint density at radius 2 is 1.59 bits per heavy atom. The SMILES string of the molecule is COc1cc(OC)c(C(=O)/C=C/c2ccccc2)c(O)c1Cc1ccccc1O. The molecule has 0 aliphatic carbocycles. The normalized spacial score (nSPS) is 10.8. The van der Waals surface area contributed by atoms with Gasteiger partial charge in [-0.3, -0.25) is 4.79 Å². The predicted octanol–water partition coefficient (Wildman–Crippen LogP) is 4.60. The highest BCUT2D eigenvalue weighted by molar-refractivity contribution is 6.11. The molecule has 2 N–H and O–H groups in total. The fourth-order valence-electron chi connectivity index (χ4n) is 3.08. The van der Waals surface area contributed by atoms with Gasteiger partial charge in [-0.15, -0.1) is 0 Å². The van der Waals surface area contributed by atoms with E-state index in [2.05, 4.69) is 0 Å². The minimum atomic E-state index is -0.399. The summed E-state index contributed by atoms with van der Waals surface area (Å²) < 4.78 is 10.7. The van der Waals surface area contributed by atoms with Crippen LogP contribution in [0.25, 0.3) is 6.08 Å². The molecular weight excluding hydrogens is 368 g/mol. The molecule has 5 nitrogen and oxygen atoms in total. The number of hydrogen-bond acceptors (Lipinski definition) is 5. The van der Waals surface area contributed by atoms with Gasteiger partial charge < -0.3 is 19.7 Å². The molecule has 0 spiro atoms. The van der Waals surface area contributed by atoms with Crippen LogP contribution in [0.2, 0.25) is 0 Å². The lowest BCUT2D eigenvalue weighted by molar-refractivity contribution is 0.104. The molecule has 3 aromatic rings. The summed E-state index contributed by atoms with van der Waals surface area (Å²) in [6.07, 6.45) is 3.26. The van der Waals surface area contributed by atoms with Crippen molar-refractivity contribution in [2.45, 2.75) is 6.42 Å². The van der Waals surface area contributed by atoms with E-state index in [1.54, 1.807) is 36.4 Å². The number of benzene rings is 3. The largest absolute Gasteiger partial charge is 0.508 e. The Kier molecular flexibility index (Phi) is 6.19. The molecule has 0 saturated heterocycles. The quantitative estimate of drug-likeness (QED) is 0.455. The molecule has 3 rings (SSSR count). The van der Waals surface area contributed by atoms with Crippen LogP contribution in [-0.4, -0.2) is 30.2 Å². The molecule has 0 atom stereocenters. The lowest BCUT2D eigenvalue weighted by Gasteiger charge is -2.17. The zero-order valence-electron chi connectivity index (χ0n) is 16.3. The smallest absolute Gasteiger partial charge is 0.193 e. The summed E-state index contributed by atoms with van der Waals surface area (Å²) in [6, 6.07) is 17.8. The van der Waals surface area contributed by atoms with Gasteiger partial charge in [0.15, 0.2) is 5.78 Å². The van der Waals surface area contributed by atoms with Crippen LogP contribution in [-0.2, 0) is 6.42 Å². The Morgan fingerprint density at radius 1 is 0.931 bits per heavy atom. The van der Waals surface area contributed by atoms with Gasteiger partial charge in [0, 0.05) is 18.1 Å². The molecule has 3 aromatic carbocycles. The zero-order chi connectivity index (χ0) is 20.8. The Balaban J connectivity index is 2.05. The summed E-state index contributed by atoms with van der Waals surface area (Å²) in [5.74, 6) is 0.0486. The van der Waals surface area contributed by atoms with Crippen LogP contribution >= 0.6 is 0 Å². The van der Waals surface area contributed by atoms with E-state index in [1.165, 1.54) is 20.3 Å². The molecule has 0 radical (unpaired) electrons. The number of phenolic OH excluding ortho intramolecular Hbond substituents is 2. The predicted molar refractivity (Wildman–Crippen MR) is 112 cm³/mol. The second-order valence-corrected chi connectivity index (χ2v) is 6.40. The Hall–Kier alpha value is -3.73. The number of hydrogen-bond donors (Lipinski definition) is 2. The minimum absolute atomic E-state index is 0.0471. The number of phenols is 2. The number of ketones is 1. The number of ether oxygens (including phenoxy) is 2. The lowest BCUT2D eigenvalue weighted by Crippen LogP contribution is -2.05. The van der Waals surface area contributed by atoms with E-state index in [0.717, 1.165) is 5.56 Å². The van der Waals surface area contributed by atoms with E-state index in [-0.39, 0.29) is 29.2 Å². The van der Waals surface area contributed by atoms with Crippen molar-refractivity contribution in [2.24, 2.45) is 0 Å². The van der Waals surface area contributed by atoms with E-state index >= 15 is 0 Å². The number of carbonyl (C=O) groups is 1. The molecule has 0 amide bonds. The van der Waals surface area contributed by atoms with Crippen LogP contribution in [0.3, 0.4) is 0 Å². The second kappa shape index (κ2) is 8.97. The van der Waals surface area contributed by atoms with Gasteiger partial charge in [-0.05, 0) is 23.3 Å². The molecule has 0 saturated carbocycles. The molecule has 0 heterocycles. The first kappa shape index (κ1) is 20.0. The molecule has 0 bridgehead atoms. The van der Waals surface area contributed by atoms with Crippen molar-refractivity contribution in [3.05, 3.63) is 89.0 Å². The van der Waals surface area contributed by atoms with Gasteiger partial charge in [0.25, 0.3) is 0 Å². The first-order valence-electron chi connectivity index (χ1n) is 9.06. The van der Waals surface area contributed by atoms with E-state index in [0.29, 0.717) is 16.9 Å². The summed E-state index contributed by atoms with van der Waals surface area (Å²) in [6.45, 7) is 0. The van der Waals surface area contributed by atoms with Crippen LogP contribution < -0.4 is 9.47 Å². The zero-order valence-corrected chi connectivity index (χ0v) is 16.3. The summed E-state index contributed by atoms with van der Waals surface area (Å²) in [5.41, 5.74) is 1.91. The highest BCUT2D eigenvalue weighted by atomic mass is 16.5. The Bertz CT molecular complexity index is 1040. The van der Waals surface area contributed by atoms with Gasteiger partial charge in [-0.25, -0.2) is 0 Å². The number of carbonyl (C=O) groups excluding carboxylic acids is 1. The number of para-hydroxylation sites is 1. The molecule has 148 valence electrons. The maximum absolute atomic E-state index is 12.9. The molecule has 0 fully saturated rings. The average molecular weight is 390 g/mol. The lowest BCUT2D eigenvalue weighted by atomic mass is 9.96. The first-order valence-corrected chi connectivity index (χ1v) is 9.06. The highest BCUT2D eigenvalue weighted by Crippen LogP contribution is 2.41. The molecular formula is C24H22O5. The molecule has 5 heteroatoms. The summed E-state index contributed by atoms with van der Waals surface area (Å²) in [5, 5.41) is 21.0. The molecule has 0 aliphatic heterocycles. The standard InChI is InChI=1S/C24H22O5/c1-28-21-15-22(29-2)23(20(26)13-12-16-8-4-3-5-9-16)24(27)18(21)14-17-10-6-7-11-19(17)25/h3-13,15,25,27H,14H2,1-2H3/b13-12+. The van der Waals surface area contributed by atoms with E-state index in [4.69, 9.17) is 9.47 Å². The van der Waals surface area contributed by atoms with Crippen LogP contribution in [0, 0.1) is 0 Å². The van der Waals surface area contributed by atoms with E-state index in [1.807, 2.05) is 30.3 Å². The third-order valence-electron chi connectivity index (χ3n) is 4.60. The van der Waals surface area contributed by atoms with Crippen molar-refractivity contribution in [1.82, 2.24) is 0 Å². The average Bonchev–Trinajstić information content (AvgIpc) is 2.75. The number of allylic oxidation sites excluding steroid dienone is 1. The Labute approximate surface area is 169 Å². The molecule has 0 aliphatic rings. The van der Waals surface area contributed by atoms with Gasteiger partial charge in [0.05, 0.1) is 14.2 Å². The minimum Gasteiger partial charge on any atom is -0.508 e. The van der Waals surface area contributed by atoms with Crippen molar-refractivity contribution < 1.29 is 24.5 Å². The molecule has 0 aromatic heterocycles. The maximum Gasteiger partial charge on any atom is 0.193 e. The maximum atomic E-state index is 12.9. The van der Waals surface area contributed by atoms with Crippen molar-refractivity contribution in [2.75, 3.05) is 14.2 Å². The van der Waals surface area contributed by atoms with Gasteiger partial charge in [0.1, 0.15) is 28.6 Å². The first-order chi connectivity index (χ1) is 14.0. The fourth-order valence-corrected chi connectivity index (χ4v) is 3.08. The highest BCUT2D eigenvalue weighted by Gasteiger charge is 2.23. The van der Waals surface area contributed by atoms with Crippen molar-refractivity contribution in [3.63, 3.8) is 0 Å². The van der Waals surface area contributed by atoms with E-state index < -0.39 is 5.78 Å². The van der Waals surface area contributed by atoms with Crippen LogP contribution in [0.5, 0.6) is 23.0 Å². The number of aromatic hydroxyl groups is 2. The van der Waals surface area contributed by atoms with Crippen molar-refractivity contribution in [1.29, 1.82) is 0 Å². The molecule has 0 unspecified atom stereocenters. The van der Waals surface area contributed by atoms with Crippen LogP contribution in [0.4, 0.5) is 0 Å². The monoisotopic (exact) mass is 390 g/mol. The van der Waals surface area contributed by atoms with Crippen molar-refractivity contribution >= 4 is 11.9 Å². The Morgan fingerprint density at radius 3 is 2.24 bits per heavy atom. The molecule has 29 heavy (non-hydrogen) atoms. The third kappa shape index (κ3) is 4.41. The topological polar surface area (TPSA) is 76.0 Å².